The van der Waals surface area contributed by atoms with Crippen LogP contribution in [0.3, 0.4) is 0 Å². The molecule has 2 N–H and O–H groups in total. The Hall–Kier alpha value is -4.00. The number of para-hydroxylation sites is 1. The van der Waals surface area contributed by atoms with E-state index in [0.29, 0.717) is 15.8 Å². The normalized spacial score (nSPS) is 14.9. The lowest BCUT2D eigenvalue weighted by Crippen LogP contribution is -2.47. The van der Waals surface area contributed by atoms with E-state index in [9.17, 15) is 4.79 Å². The Balaban J connectivity index is 1.44. The summed E-state index contributed by atoms with van der Waals surface area (Å²) in [5.41, 5.74) is 6.23. The SMILES string of the molecule is CN1C(=O)C(NC(=S)Nc2ccccc2Cc2ccccc2)N=C(c2ccccc2)c2cc(Cl)ccc21. The van der Waals surface area contributed by atoms with Crippen LogP contribution in [0, 0.1) is 0 Å². The van der Waals surface area contributed by atoms with Gasteiger partial charge in [0, 0.05) is 28.9 Å². The Labute approximate surface area is 226 Å². The fraction of sp³-hybridized carbons (Fsp3) is 0.100. The highest BCUT2D eigenvalue weighted by molar-refractivity contribution is 7.80. The lowest BCUT2D eigenvalue weighted by molar-refractivity contribution is -0.119. The molecule has 0 radical (unpaired) electrons. The van der Waals surface area contributed by atoms with E-state index in [1.807, 2.05) is 78.9 Å². The van der Waals surface area contributed by atoms with E-state index < -0.39 is 6.17 Å². The highest BCUT2D eigenvalue weighted by Crippen LogP contribution is 2.30. The lowest BCUT2D eigenvalue weighted by Gasteiger charge is -2.22. The molecule has 1 amide bonds. The smallest absolute Gasteiger partial charge is 0.272 e. The van der Waals surface area contributed by atoms with Gasteiger partial charge in [0.2, 0.25) is 6.17 Å². The van der Waals surface area contributed by atoms with Crippen LogP contribution >= 0.6 is 23.8 Å². The zero-order valence-electron chi connectivity index (χ0n) is 20.2. The number of halogens is 1. The number of fused-ring (bicyclic) bond motifs is 1. The van der Waals surface area contributed by atoms with Crippen LogP contribution in [-0.2, 0) is 11.2 Å². The van der Waals surface area contributed by atoms with Crippen LogP contribution in [0.4, 0.5) is 11.4 Å². The number of benzodiazepines with no additional fused rings is 1. The van der Waals surface area contributed by atoms with Gasteiger partial charge in [0.25, 0.3) is 5.91 Å². The Morgan fingerprint density at radius 3 is 2.38 bits per heavy atom. The van der Waals surface area contributed by atoms with E-state index in [1.165, 1.54) is 5.56 Å². The first-order valence-corrected chi connectivity index (χ1v) is 12.7. The zero-order chi connectivity index (χ0) is 25.8. The minimum atomic E-state index is -0.923. The third-order valence-electron chi connectivity index (χ3n) is 6.22. The molecule has 37 heavy (non-hydrogen) atoms. The van der Waals surface area contributed by atoms with Gasteiger partial charge in [-0.25, -0.2) is 4.99 Å². The molecule has 1 heterocycles. The van der Waals surface area contributed by atoms with Gasteiger partial charge in [-0.1, -0.05) is 90.5 Å². The minimum Gasteiger partial charge on any atom is -0.333 e. The lowest BCUT2D eigenvalue weighted by atomic mass is 10.0. The molecule has 0 saturated carbocycles. The minimum absolute atomic E-state index is 0.226. The molecule has 5 nitrogen and oxygen atoms in total. The van der Waals surface area contributed by atoms with Crippen molar-refractivity contribution in [1.82, 2.24) is 5.32 Å². The highest BCUT2D eigenvalue weighted by atomic mass is 35.5. The van der Waals surface area contributed by atoms with Gasteiger partial charge in [-0.3, -0.25) is 4.79 Å². The third-order valence-corrected chi connectivity index (χ3v) is 6.67. The maximum atomic E-state index is 13.5. The van der Waals surface area contributed by atoms with Crippen LogP contribution in [0.15, 0.2) is 108 Å². The van der Waals surface area contributed by atoms with Gasteiger partial charge in [-0.05, 0) is 54.0 Å². The van der Waals surface area contributed by atoms with Crippen LogP contribution < -0.4 is 15.5 Å². The summed E-state index contributed by atoms with van der Waals surface area (Å²) >= 11 is 12.0. The number of hydrogen-bond donors (Lipinski definition) is 2. The number of anilines is 2. The molecule has 184 valence electrons. The van der Waals surface area contributed by atoms with E-state index in [4.69, 9.17) is 28.8 Å². The molecule has 4 aromatic carbocycles. The molecule has 0 saturated heterocycles. The largest absolute Gasteiger partial charge is 0.333 e. The highest BCUT2D eigenvalue weighted by Gasteiger charge is 2.30. The van der Waals surface area contributed by atoms with E-state index in [0.717, 1.165) is 34.5 Å². The maximum Gasteiger partial charge on any atom is 0.272 e. The topological polar surface area (TPSA) is 56.7 Å². The number of amides is 1. The second-order valence-corrected chi connectivity index (χ2v) is 9.57. The second-order valence-electron chi connectivity index (χ2n) is 8.72. The van der Waals surface area contributed by atoms with Crippen molar-refractivity contribution < 1.29 is 4.79 Å². The Morgan fingerprint density at radius 1 is 0.946 bits per heavy atom. The summed E-state index contributed by atoms with van der Waals surface area (Å²) in [5, 5.41) is 7.30. The number of thiocarbonyl (C=S) groups is 1. The summed E-state index contributed by atoms with van der Waals surface area (Å²) in [4.78, 5) is 20.0. The molecular formula is C30H25ClN4OS. The first kappa shape index (κ1) is 24.7. The number of benzene rings is 4. The molecule has 0 aliphatic carbocycles. The van der Waals surface area contributed by atoms with Crippen molar-refractivity contribution in [2.45, 2.75) is 12.6 Å². The number of rotatable bonds is 5. The molecular weight excluding hydrogens is 500 g/mol. The average Bonchev–Trinajstić information content (AvgIpc) is 3.01. The van der Waals surface area contributed by atoms with Crippen LogP contribution in [-0.4, -0.2) is 29.9 Å². The Morgan fingerprint density at radius 2 is 1.62 bits per heavy atom. The fourth-order valence-electron chi connectivity index (χ4n) is 4.36. The summed E-state index contributed by atoms with van der Waals surface area (Å²) in [6.07, 6.45) is -0.169. The van der Waals surface area contributed by atoms with Gasteiger partial charge in [0.1, 0.15) is 0 Å². The molecule has 1 atom stereocenters. The first-order valence-electron chi connectivity index (χ1n) is 11.9. The van der Waals surface area contributed by atoms with E-state index in [2.05, 4.69) is 28.8 Å². The molecule has 0 bridgehead atoms. The van der Waals surface area contributed by atoms with Crippen LogP contribution in [0.2, 0.25) is 5.02 Å². The number of nitrogens with one attached hydrogen (secondary N) is 2. The van der Waals surface area contributed by atoms with Crippen molar-refractivity contribution in [1.29, 1.82) is 0 Å². The van der Waals surface area contributed by atoms with Gasteiger partial charge >= 0.3 is 0 Å². The molecule has 0 spiro atoms. The molecule has 7 heteroatoms. The molecule has 0 fully saturated rings. The van der Waals surface area contributed by atoms with Gasteiger partial charge in [0.15, 0.2) is 5.11 Å². The van der Waals surface area contributed by atoms with Gasteiger partial charge in [0.05, 0.1) is 11.4 Å². The van der Waals surface area contributed by atoms with Crippen LogP contribution in [0.1, 0.15) is 22.3 Å². The Kier molecular flexibility index (Phi) is 7.30. The van der Waals surface area contributed by atoms with Gasteiger partial charge in [-0.2, -0.15) is 0 Å². The molecule has 1 unspecified atom stereocenters. The number of aliphatic imine (C=N–C) groups is 1. The predicted molar refractivity (Wildman–Crippen MR) is 156 cm³/mol. The van der Waals surface area contributed by atoms with Crippen molar-refractivity contribution in [2.75, 3.05) is 17.3 Å². The zero-order valence-corrected chi connectivity index (χ0v) is 21.8. The summed E-state index contributed by atoms with van der Waals surface area (Å²) in [6, 6.07) is 33.5. The third kappa shape index (κ3) is 5.56. The number of likely N-dealkylation sites (N-methyl/N-ethyl adjacent to an activating group) is 1. The predicted octanol–water partition coefficient (Wildman–Crippen LogP) is 6.06. The average molecular weight is 525 g/mol. The quantitative estimate of drug-likeness (QED) is 0.312. The van der Waals surface area contributed by atoms with Gasteiger partial charge in [-0.15, -0.1) is 0 Å². The number of carbonyl (C=O) groups is 1. The van der Waals surface area contributed by atoms with Crippen molar-refractivity contribution in [3.8, 4) is 0 Å². The molecule has 0 aromatic heterocycles. The van der Waals surface area contributed by atoms with Crippen molar-refractivity contribution in [3.05, 3.63) is 130 Å². The fourth-order valence-corrected chi connectivity index (χ4v) is 4.75. The van der Waals surface area contributed by atoms with Crippen molar-refractivity contribution in [2.24, 2.45) is 4.99 Å². The van der Waals surface area contributed by atoms with Crippen LogP contribution in [0.25, 0.3) is 0 Å². The summed E-state index contributed by atoms with van der Waals surface area (Å²) in [6.45, 7) is 0. The summed E-state index contributed by atoms with van der Waals surface area (Å²) in [5.74, 6) is -0.226. The maximum absolute atomic E-state index is 13.5. The molecule has 1 aliphatic rings. The Bertz CT molecular complexity index is 1470. The number of carbonyl (C=O) groups excluding carboxylic acids is 1. The molecule has 4 aromatic rings. The van der Waals surface area contributed by atoms with Gasteiger partial charge < -0.3 is 15.5 Å². The monoisotopic (exact) mass is 524 g/mol. The van der Waals surface area contributed by atoms with Crippen LogP contribution in [0.5, 0.6) is 0 Å². The van der Waals surface area contributed by atoms with Crippen molar-refractivity contribution in [3.63, 3.8) is 0 Å². The first-order chi connectivity index (χ1) is 18.0. The number of hydrogen-bond acceptors (Lipinski definition) is 3. The van der Waals surface area contributed by atoms with E-state index in [-0.39, 0.29) is 5.91 Å². The number of nitrogens with zero attached hydrogens (tertiary/aromatic N) is 2. The summed E-state index contributed by atoms with van der Waals surface area (Å²) < 4.78 is 0. The van der Waals surface area contributed by atoms with E-state index >= 15 is 0 Å². The van der Waals surface area contributed by atoms with E-state index in [1.54, 1.807) is 18.0 Å². The second kappa shape index (κ2) is 10.9. The molecule has 5 rings (SSSR count). The molecule has 1 aliphatic heterocycles. The van der Waals surface area contributed by atoms with Crippen molar-refractivity contribution >= 4 is 51.9 Å². The summed E-state index contributed by atoms with van der Waals surface area (Å²) in [7, 11) is 1.73. The standard InChI is InChI=1S/C30H25ClN4OS/c1-35-26-17-16-23(31)19-24(26)27(21-12-6-3-7-13-21)33-28(29(35)36)34-30(37)32-25-15-9-8-14-22(25)18-20-10-4-2-5-11-20/h2-17,19,28H,18H2,1H3,(H2,32,34,37).